The molecule has 4 atom stereocenters. The van der Waals surface area contributed by atoms with E-state index in [1.165, 1.54) is 12.1 Å². The van der Waals surface area contributed by atoms with Crippen LogP contribution in [0.1, 0.15) is 63.0 Å². The molecule has 7 heterocycles. The van der Waals surface area contributed by atoms with Gasteiger partial charge in [-0.15, -0.1) is 11.3 Å². The van der Waals surface area contributed by atoms with Crippen molar-refractivity contribution in [2.75, 3.05) is 43.4 Å². The molecule has 4 saturated heterocycles. The van der Waals surface area contributed by atoms with Crippen molar-refractivity contribution < 1.29 is 33.0 Å². The Bertz CT molecular complexity index is 1970. The summed E-state index contributed by atoms with van der Waals surface area (Å²) in [4.78, 5) is 35.7. The summed E-state index contributed by atoms with van der Waals surface area (Å²) < 4.78 is 44.6. The fraction of sp³-hybridized carbons (Fsp3) is 0.529. The van der Waals surface area contributed by atoms with Crippen LogP contribution >= 0.6 is 11.3 Å². The molecule has 4 N–H and O–H groups in total. The number of thiophene rings is 1. The predicted molar refractivity (Wildman–Crippen MR) is 186 cm³/mol. The van der Waals surface area contributed by atoms with Crippen molar-refractivity contribution in [3.8, 4) is 23.8 Å². The molecule has 1 aromatic carbocycles. The summed E-state index contributed by atoms with van der Waals surface area (Å²) in [5.74, 6) is 0.605. The average Bonchev–Trinajstić information content (AvgIpc) is 3.89. The van der Waals surface area contributed by atoms with E-state index in [4.69, 9.17) is 44.9 Å². The fourth-order valence-corrected chi connectivity index (χ4v) is 9.30. The molecule has 4 aromatic rings. The van der Waals surface area contributed by atoms with E-state index in [0.717, 1.165) is 87.3 Å². The average molecular weight is 724 g/mol. The Morgan fingerprint density at radius 3 is 2.59 bits per heavy atom. The molecular formula is C34H39F2N9O5S. The third kappa shape index (κ3) is 6.19. The number of benzene rings is 1. The van der Waals surface area contributed by atoms with Gasteiger partial charge in [0.2, 0.25) is 0 Å². The number of imidazole rings is 1. The lowest BCUT2D eigenvalue weighted by molar-refractivity contribution is -0.122. The molecule has 5 aliphatic rings. The minimum Gasteiger partial charge on any atom is -0.483 e. The number of ether oxygens (including phenoxy) is 2. The van der Waals surface area contributed by atoms with Crippen molar-refractivity contribution in [1.29, 1.82) is 5.26 Å². The van der Waals surface area contributed by atoms with E-state index < -0.39 is 12.0 Å². The molecule has 2 bridgehead atoms. The fourth-order valence-electron chi connectivity index (χ4n) is 8.36. The minimum atomic E-state index is -0.852. The zero-order valence-corrected chi connectivity index (χ0v) is 28.7. The van der Waals surface area contributed by atoms with Crippen molar-refractivity contribution in [2.24, 2.45) is 0 Å². The first kappa shape index (κ1) is 34.8. The van der Waals surface area contributed by atoms with E-state index in [1.807, 2.05) is 6.79 Å². The summed E-state index contributed by atoms with van der Waals surface area (Å²) >= 11 is 1.03. The van der Waals surface area contributed by atoms with Crippen LogP contribution < -0.4 is 25.4 Å². The Morgan fingerprint density at radius 2 is 1.90 bits per heavy atom. The highest BCUT2D eigenvalue weighted by Crippen LogP contribution is 2.46. The number of carbonyl (C=O) groups excluding carboxylic acids is 1. The van der Waals surface area contributed by atoms with Gasteiger partial charge in [-0.05, 0) is 63.6 Å². The van der Waals surface area contributed by atoms with Crippen LogP contribution in [0, 0.1) is 17.1 Å². The van der Waals surface area contributed by atoms with E-state index >= 15 is 0 Å². The monoisotopic (exact) mass is 723 g/mol. The molecule has 14 nitrogen and oxygen atoms in total. The number of aromatic nitrogens is 4. The van der Waals surface area contributed by atoms with Gasteiger partial charge in [-0.25, -0.2) is 8.78 Å². The van der Waals surface area contributed by atoms with Crippen LogP contribution in [-0.2, 0) is 9.59 Å². The van der Waals surface area contributed by atoms with Gasteiger partial charge in [0.05, 0.1) is 21.2 Å². The molecule has 17 heteroatoms. The first-order valence-corrected chi connectivity index (χ1v) is 17.9. The molecule has 51 heavy (non-hydrogen) atoms. The number of alkyl halides is 1. The number of nitrogens with one attached hydrogen (secondary N) is 1. The second-order valence-corrected chi connectivity index (χ2v) is 14.7. The molecule has 5 fully saturated rings. The van der Waals surface area contributed by atoms with Crippen molar-refractivity contribution >= 4 is 56.7 Å². The molecular weight excluding hydrogens is 684 g/mol. The summed E-state index contributed by atoms with van der Waals surface area (Å²) in [7, 11) is 0. The van der Waals surface area contributed by atoms with Gasteiger partial charge in [0.15, 0.2) is 11.5 Å². The Hall–Kier alpha value is -4.66. The number of carbonyl (C=O) groups is 2. The number of fused-ring (bicyclic) bond motifs is 5. The number of nitrogens with zero attached hydrogens (tertiary/aromatic N) is 7. The van der Waals surface area contributed by atoms with Gasteiger partial charge in [0, 0.05) is 44.2 Å². The molecule has 0 amide bonds. The van der Waals surface area contributed by atoms with E-state index in [-0.39, 0.29) is 39.3 Å². The van der Waals surface area contributed by atoms with E-state index in [1.54, 1.807) is 0 Å². The predicted octanol–water partition coefficient (Wildman–Crippen LogP) is 4.56. The second-order valence-electron chi connectivity index (χ2n) is 13.7. The molecule has 3 unspecified atom stereocenters. The number of hydrogen-bond donors (Lipinski definition) is 3. The van der Waals surface area contributed by atoms with Crippen molar-refractivity contribution in [3.63, 3.8) is 0 Å². The van der Waals surface area contributed by atoms with E-state index in [9.17, 15) is 14.0 Å². The number of rotatable bonds is 7. The Morgan fingerprint density at radius 1 is 1.16 bits per heavy atom. The van der Waals surface area contributed by atoms with Gasteiger partial charge in [-0.3, -0.25) is 14.3 Å². The van der Waals surface area contributed by atoms with Gasteiger partial charge in [0.25, 0.3) is 6.47 Å². The first-order valence-electron chi connectivity index (χ1n) is 17.1. The summed E-state index contributed by atoms with van der Waals surface area (Å²) in [6, 6.07) is 6.37. The summed E-state index contributed by atoms with van der Waals surface area (Å²) in [6.45, 7) is 5.00. The number of nitrogen functional groups attached to an aromatic ring is 1. The highest BCUT2D eigenvalue weighted by atomic mass is 32.1. The smallest absolute Gasteiger partial charge is 0.320 e. The molecule has 270 valence electrons. The minimum absolute atomic E-state index is 0.124. The van der Waals surface area contributed by atoms with Crippen LogP contribution in [-0.4, -0.2) is 99.4 Å². The Balaban J connectivity index is 0.000000774. The number of piperazine rings is 1. The quantitative estimate of drug-likeness (QED) is 0.226. The highest BCUT2D eigenvalue weighted by molar-refractivity contribution is 7.23. The zero-order chi connectivity index (χ0) is 35.9. The number of nitriles is 1. The SMILES string of the molecule is C=O.N#Cc1c(N)sc2c(F)ccc(Oc3nc4nc(OC[C@@]56CCCN5CC(F)C6)nc(N5CC6CCC(C5)N6)c4n3C3CCC3)c12.O=CO. The van der Waals surface area contributed by atoms with Crippen LogP contribution in [0.5, 0.6) is 17.8 Å². The summed E-state index contributed by atoms with van der Waals surface area (Å²) in [5, 5.41) is 21.0. The number of hydrogen-bond acceptors (Lipinski definition) is 13. The third-order valence-electron chi connectivity index (χ3n) is 10.8. The number of nitrogens with two attached hydrogens (primary N) is 1. The van der Waals surface area contributed by atoms with Gasteiger partial charge >= 0.3 is 12.0 Å². The maximum atomic E-state index is 14.8. The van der Waals surface area contributed by atoms with Crippen LogP contribution in [0.25, 0.3) is 21.3 Å². The molecule has 0 spiro atoms. The van der Waals surface area contributed by atoms with Crippen molar-refractivity contribution in [2.45, 2.75) is 81.2 Å². The van der Waals surface area contributed by atoms with E-state index in [0.29, 0.717) is 54.4 Å². The maximum Gasteiger partial charge on any atom is 0.320 e. The molecule has 1 aliphatic carbocycles. The second kappa shape index (κ2) is 14.2. The first-order chi connectivity index (χ1) is 24.8. The number of carboxylic acid groups (broad SMARTS) is 1. The topological polar surface area (TPSA) is 185 Å². The summed E-state index contributed by atoms with van der Waals surface area (Å²) in [6.07, 6.45) is 6.72. The number of anilines is 2. The van der Waals surface area contributed by atoms with Crippen LogP contribution in [0.4, 0.5) is 19.6 Å². The Kier molecular flexibility index (Phi) is 9.66. The van der Waals surface area contributed by atoms with Crippen LogP contribution in [0.3, 0.4) is 0 Å². The van der Waals surface area contributed by atoms with Gasteiger partial charge in [-0.1, -0.05) is 0 Å². The lowest BCUT2D eigenvalue weighted by Crippen LogP contribution is -2.51. The lowest BCUT2D eigenvalue weighted by atomic mass is 9.93. The third-order valence-corrected chi connectivity index (χ3v) is 11.8. The molecule has 1 saturated carbocycles. The van der Waals surface area contributed by atoms with Gasteiger partial charge < -0.3 is 35.3 Å². The maximum absolute atomic E-state index is 14.8. The van der Waals surface area contributed by atoms with Gasteiger partial charge in [0.1, 0.15) is 47.7 Å². The van der Waals surface area contributed by atoms with Crippen molar-refractivity contribution in [1.82, 2.24) is 29.7 Å². The largest absolute Gasteiger partial charge is 0.483 e. The summed E-state index contributed by atoms with van der Waals surface area (Å²) in [5.41, 5.74) is 7.20. The molecule has 4 aliphatic heterocycles. The molecule has 9 rings (SSSR count). The van der Waals surface area contributed by atoms with Gasteiger partial charge in [-0.2, -0.15) is 20.2 Å². The normalized spacial score (nSPS) is 25.4. The van der Waals surface area contributed by atoms with Crippen LogP contribution in [0.15, 0.2) is 12.1 Å². The molecule has 3 aromatic heterocycles. The van der Waals surface area contributed by atoms with Crippen molar-refractivity contribution in [3.05, 3.63) is 23.5 Å². The Labute approximate surface area is 296 Å². The lowest BCUT2D eigenvalue weighted by Gasteiger charge is -2.35. The standard InChI is InChI=1S/C32H35F2N9O2S.CH2O2.CH2O/c33-17-11-32(9-2-10-42(32)13-17)16-44-30-38-28-25(29(40-30)41-14-18-5-6-19(15-41)37-18)43(20-3-1-4-20)31(39-28)45-23-8-7-22(34)26-24(23)21(12-35)27(36)46-26;2-1-3;1-2/h7-8,17-20,37H,1-6,9-11,13-16,36H2;1H,(H,2,3);1H2/t17?,18?,19?,32-;;/m0../s1. The number of halogens is 2. The molecule has 0 radical (unpaired) electrons. The van der Waals surface area contributed by atoms with E-state index in [2.05, 4.69) is 25.8 Å². The zero-order valence-electron chi connectivity index (χ0n) is 27.9. The van der Waals surface area contributed by atoms with Crippen LogP contribution in [0.2, 0.25) is 0 Å². The highest BCUT2D eigenvalue weighted by Gasteiger charge is 2.49.